The Morgan fingerprint density at radius 1 is 1.38 bits per heavy atom. The number of piperidine rings is 1. The van der Waals surface area contributed by atoms with Crippen LogP contribution >= 0.6 is 0 Å². The molecule has 0 bridgehead atoms. The largest absolute Gasteiger partial charge is 0.367 e. The molecule has 2 aliphatic rings. The summed E-state index contributed by atoms with van der Waals surface area (Å²) in [6.45, 7) is 1.64. The van der Waals surface area contributed by atoms with Crippen LogP contribution in [-0.2, 0) is 11.3 Å². The van der Waals surface area contributed by atoms with Gasteiger partial charge in [-0.3, -0.25) is 9.78 Å². The Labute approximate surface area is 140 Å². The number of rotatable bonds is 5. The van der Waals surface area contributed by atoms with Gasteiger partial charge in [0.05, 0.1) is 11.7 Å². The highest BCUT2D eigenvalue weighted by Crippen LogP contribution is 2.38. The van der Waals surface area contributed by atoms with Crippen LogP contribution in [-0.4, -0.2) is 45.1 Å². The number of carbonyl (C=O) groups excluding carboxylic acids is 1. The smallest absolute Gasteiger partial charge is 0.255 e. The molecule has 7 heteroatoms. The van der Waals surface area contributed by atoms with Gasteiger partial charge in [-0.05, 0) is 37.8 Å². The van der Waals surface area contributed by atoms with E-state index in [0.717, 1.165) is 38.1 Å². The molecule has 1 saturated carbocycles. The van der Waals surface area contributed by atoms with Crippen molar-refractivity contribution >= 4 is 5.91 Å². The summed E-state index contributed by atoms with van der Waals surface area (Å²) in [6, 6.07) is 3.57. The van der Waals surface area contributed by atoms with Gasteiger partial charge >= 0.3 is 0 Å². The summed E-state index contributed by atoms with van der Waals surface area (Å²) >= 11 is 0. The highest BCUT2D eigenvalue weighted by atomic mass is 16.5. The second-order valence-electron chi connectivity index (χ2n) is 6.39. The zero-order valence-electron chi connectivity index (χ0n) is 13.4. The molecule has 24 heavy (non-hydrogen) atoms. The molecule has 0 radical (unpaired) electrons. The van der Waals surface area contributed by atoms with E-state index in [-0.39, 0.29) is 12.0 Å². The lowest BCUT2D eigenvalue weighted by molar-refractivity contribution is -0.0153. The van der Waals surface area contributed by atoms with Crippen LogP contribution in [0.3, 0.4) is 0 Å². The third kappa shape index (κ3) is 3.46. The zero-order chi connectivity index (χ0) is 16.4. The van der Waals surface area contributed by atoms with Gasteiger partial charge in [0.2, 0.25) is 0 Å². The van der Waals surface area contributed by atoms with Crippen molar-refractivity contribution in [2.75, 3.05) is 13.1 Å². The predicted molar refractivity (Wildman–Crippen MR) is 84.2 cm³/mol. The molecule has 0 N–H and O–H groups in total. The SMILES string of the molecule is O=C(c1cccnc1)N1CCCC(OCc2nc(C3CC3)no2)C1. The Balaban J connectivity index is 1.32. The topological polar surface area (TPSA) is 81.4 Å². The Hall–Kier alpha value is -2.28. The van der Waals surface area contributed by atoms with Crippen molar-refractivity contribution in [1.29, 1.82) is 0 Å². The molecule has 2 aromatic heterocycles. The first-order chi connectivity index (χ1) is 11.8. The summed E-state index contributed by atoms with van der Waals surface area (Å²) in [4.78, 5) is 22.7. The van der Waals surface area contributed by atoms with E-state index < -0.39 is 0 Å². The summed E-state index contributed by atoms with van der Waals surface area (Å²) in [5.41, 5.74) is 0.615. The minimum atomic E-state index is -0.00403. The first kappa shape index (κ1) is 15.3. The van der Waals surface area contributed by atoms with E-state index in [4.69, 9.17) is 9.26 Å². The molecule has 0 aromatic carbocycles. The number of hydrogen-bond donors (Lipinski definition) is 0. The normalized spacial score (nSPS) is 21.0. The molecule has 1 atom stereocenters. The molecular weight excluding hydrogens is 308 g/mol. The Morgan fingerprint density at radius 3 is 3.08 bits per heavy atom. The summed E-state index contributed by atoms with van der Waals surface area (Å²) in [5.74, 6) is 1.80. The maximum Gasteiger partial charge on any atom is 0.255 e. The number of pyridine rings is 1. The highest BCUT2D eigenvalue weighted by molar-refractivity contribution is 5.93. The molecule has 4 rings (SSSR count). The molecule has 7 nitrogen and oxygen atoms in total. The van der Waals surface area contributed by atoms with Gasteiger partial charge in [-0.25, -0.2) is 0 Å². The number of likely N-dealkylation sites (tertiary alicyclic amines) is 1. The third-order valence-electron chi connectivity index (χ3n) is 4.44. The fourth-order valence-electron chi connectivity index (χ4n) is 2.95. The van der Waals surface area contributed by atoms with E-state index >= 15 is 0 Å². The van der Waals surface area contributed by atoms with E-state index in [1.165, 1.54) is 0 Å². The van der Waals surface area contributed by atoms with Crippen LogP contribution in [0.1, 0.15) is 53.7 Å². The Kier molecular flexibility index (Phi) is 4.25. The highest BCUT2D eigenvalue weighted by Gasteiger charge is 2.29. The van der Waals surface area contributed by atoms with Crippen LogP contribution in [0, 0.1) is 0 Å². The Morgan fingerprint density at radius 2 is 2.29 bits per heavy atom. The van der Waals surface area contributed by atoms with Crippen molar-refractivity contribution in [2.45, 2.75) is 44.3 Å². The van der Waals surface area contributed by atoms with Gasteiger partial charge in [-0.2, -0.15) is 4.98 Å². The number of carbonyl (C=O) groups is 1. The monoisotopic (exact) mass is 328 g/mol. The maximum absolute atomic E-state index is 12.5. The van der Waals surface area contributed by atoms with Crippen molar-refractivity contribution in [3.05, 3.63) is 41.8 Å². The van der Waals surface area contributed by atoms with E-state index in [9.17, 15) is 4.79 Å². The molecule has 1 aliphatic heterocycles. The quantitative estimate of drug-likeness (QED) is 0.836. The van der Waals surface area contributed by atoms with Crippen molar-refractivity contribution < 1.29 is 14.1 Å². The zero-order valence-corrected chi connectivity index (χ0v) is 13.4. The fraction of sp³-hybridized carbons (Fsp3) is 0.529. The van der Waals surface area contributed by atoms with Gasteiger partial charge < -0.3 is 14.2 Å². The molecular formula is C17H20N4O3. The van der Waals surface area contributed by atoms with E-state index in [2.05, 4.69) is 15.1 Å². The lowest BCUT2D eigenvalue weighted by Crippen LogP contribution is -2.43. The van der Waals surface area contributed by atoms with Gasteiger partial charge in [0.1, 0.15) is 6.61 Å². The average molecular weight is 328 g/mol. The van der Waals surface area contributed by atoms with Crippen LogP contribution in [0.5, 0.6) is 0 Å². The molecule has 3 heterocycles. The molecule has 2 fully saturated rings. The van der Waals surface area contributed by atoms with Crippen LogP contribution in [0.2, 0.25) is 0 Å². The fourth-order valence-corrected chi connectivity index (χ4v) is 2.95. The molecule has 1 amide bonds. The third-order valence-corrected chi connectivity index (χ3v) is 4.44. The van der Waals surface area contributed by atoms with Gasteiger partial charge in [0, 0.05) is 31.4 Å². The van der Waals surface area contributed by atoms with Crippen molar-refractivity contribution in [3.63, 3.8) is 0 Å². The predicted octanol–water partition coefficient (Wildman–Crippen LogP) is 2.16. The van der Waals surface area contributed by atoms with Crippen LogP contribution in [0.25, 0.3) is 0 Å². The van der Waals surface area contributed by atoms with Crippen LogP contribution in [0.15, 0.2) is 29.0 Å². The van der Waals surface area contributed by atoms with Gasteiger partial charge in [-0.1, -0.05) is 5.16 Å². The summed E-state index contributed by atoms with van der Waals surface area (Å²) in [7, 11) is 0. The van der Waals surface area contributed by atoms with Crippen molar-refractivity contribution in [2.24, 2.45) is 0 Å². The number of amides is 1. The van der Waals surface area contributed by atoms with Crippen molar-refractivity contribution in [3.8, 4) is 0 Å². The molecule has 1 unspecified atom stereocenters. The number of nitrogens with zero attached hydrogens (tertiary/aromatic N) is 4. The standard InChI is InChI=1S/C17H20N4O3/c22-17(13-3-1-7-18-9-13)21-8-2-4-14(10-21)23-11-15-19-16(20-24-15)12-5-6-12/h1,3,7,9,12,14H,2,4-6,8,10-11H2. The lowest BCUT2D eigenvalue weighted by Gasteiger charge is -2.32. The number of ether oxygens (including phenoxy) is 1. The lowest BCUT2D eigenvalue weighted by atomic mass is 10.1. The molecule has 126 valence electrons. The summed E-state index contributed by atoms with van der Waals surface area (Å²) < 4.78 is 11.1. The average Bonchev–Trinajstić information content (AvgIpc) is 3.39. The molecule has 2 aromatic rings. The van der Waals surface area contributed by atoms with Crippen LogP contribution in [0.4, 0.5) is 0 Å². The second kappa shape index (κ2) is 6.68. The minimum Gasteiger partial charge on any atom is -0.367 e. The number of aromatic nitrogens is 3. The van der Waals surface area contributed by atoms with Gasteiger partial charge in [0.25, 0.3) is 11.8 Å². The number of hydrogen-bond acceptors (Lipinski definition) is 6. The molecule has 1 saturated heterocycles. The second-order valence-corrected chi connectivity index (χ2v) is 6.39. The first-order valence-electron chi connectivity index (χ1n) is 8.43. The van der Waals surface area contributed by atoms with Gasteiger partial charge in [-0.15, -0.1) is 0 Å². The first-order valence-corrected chi connectivity index (χ1v) is 8.43. The maximum atomic E-state index is 12.5. The Bertz CT molecular complexity index is 699. The van der Waals surface area contributed by atoms with Gasteiger partial charge in [0.15, 0.2) is 5.82 Å². The van der Waals surface area contributed by atoms with E-state index in [0.29, 0.717) is 30.5 Å². The van der Waals surface area contributed by atoms with E-state index in [1.807, 2.05) is 4.90 Å². The minimum absolute atomic E-state index is 0.00403. The van der Waals surface area contributed by atoms with Crippen LogP contribution < -0.4 is 0 Å². The molecule has 1 aliphatic carbocycles. The van der Waals surface area contributed by atoms with E-state index in [1.54, 1.807) is 24.5 Å². The summed E-state index contributed by atoms with van der Waals surface area (Å²) in [5, 5.41) is 3.99. The molecule has 0 spiro atoms. The van der Waals surface area contributed by atoms with Crippen molar-refractivity contribution in [1.82, 2.24) is 20.0 Å². The summed E-state index contributed by atoms with van der Waals surface area (Å²) in [6.07, 6.45) is 7.41.